The fourth-order valence-corrected chi connectivity index (χ4v) is 2.30. The van der Waals surface area contributed by atoms with Crippen molar-refractivity contribution in [3.63, 3.8) is 0 Å². The molecule has 0 saturated carbocycles. The first kappa shape index (κ1) is 13.8. The summed E-state index contributed by atoms with van der Waals surface area (Å²) in [6.07, 6.45) is 0. The van der Waals surface area contributed by atoms with Gasteiger partial charge in [-0.15, -0.1) is 0 Å². The van der Waals surface area contributed by atoms with Crippen LogP contribution in [-0.4, -0.2) is 17.3 Å². The van der Waals surface area contributed by atoms with Crippen molar-refractivity contribution < 1.29 is 4.74 Å². The van der Waals surface area contributed by atoms with E-state index in [-0.39, 0.29) is 11.1 Å². The molecule has 5 heteroatoms. The van der Waals surface area contributed by atoms with Gasteiger partial charge in [-0.25, -0.2) is 5.10 Å². The van der Waals surface area contributed by atoms with Crippen molar-refractivity contribution in [2.45, 2.75) is 20.8 Å². The van der Waals surface area contributed by atoms with Crippen molar-refractivity contribution in [2.24, 2.45) is 0 Å². The van der Waals surface area contributed by atoms with E-state index < -0.39 is 0 Å². The summed E-state index contributed by atoms with van der Waals surface area (Å²) in [7, 11) is 1.62. The molecule has 0 amide bonds. The molecular weight excluding hydrogens is 254 g/mol. The summed E-state index contributed by atoms with van der Waals surface area (Å²) >= 11 is 0. The molecule has 2 rings (SSSR count). The zero-order valence-corrected chi connectivity index (χ0v) is 11.9. The van der Waals surface area contributed by atoms with Crippen LogP contribution in [0.4, 0.5) is 0 Å². The van der Waals surface area contributed by atoms with Gasteiger partial charge < -0.3 is 4.74 Å². The molecule has 20 heavy (non-hydrogen) atoms. The summed E-state index contributed by atoms with van der Waals surface area (Å²) in [5.41, 5.74) is 4.16. The Morgan fingerprint density at radius 2 is 1.95 bits per heavy atom. The van der Waals surface area contributed by atoms with Gasteiger partial charge >= 0.3 is 0 Å². The number of ether oxygens (including phenoxy) is 1. The maximum atomic E-state index is 11.3. The molecule has 0 atom stereocenters. The molecule has 0 saturated heterocycles. The third-order valence-corrected chi connectivity index (χ3v) is 3.43. The molecule has 0 fully saturated rings. The first-order valence-corrected chi connectivity index (χ1v) is 6.14. The van der Waals surface area contributed by atoms with Crippen molar-refractivity contribution in [1.82, 2.24) is 10.2 Å². The van der Waals surface area contributed by atoms with Crippen molar-refractivity contribution in [3.8, 4) is 23.1 Å². The van der Waals surface area contributed by atoms with Crippen LogP contribution in [0.5, 0.6) is 5.75 Å². The Balaban J connectivity index is 2.81. The second-order valence-corrected chi connectivity index (χ2v) is 4.63. The van der Waals surface area contributed by atoms with Crippen LogP contribution >= 0.6 is 0 Å². The minimum atomic E-state index is -0.383. The van der Waals surface area contributed by atoms with E-state index in [0.29, 0.717) is 5.69 Å². The van der Waals surface area contributed by atoms with Crippen LogP contribution in [0.2, 0.25) is 0 Å². The van der Waals surface area contributed by atoms with E-state index in [1.165, 1.54) is 6.07 Å². The Bertz CT molecular complexity index is 770. The minimum Gasteiger partial charge on any atom is -0.496 e. The number of aryl methyl sites for hydroxylation is 1. The monoisotopic (exact) mass is 269 g/mol. The highest BCUT2D eigenvalue weighted by Crippen LogP contribution is 2.34. The van der Waals surface area contributed by atoms with Crippen molar-refractivity contribution >= 4 is 0 Å². The number of aromatic nitrogens is 2. The van der Waals surface area contributed by atoms with Crippen molar-refractivity contribution in [1.29, 1.82) is 5.26 Å². The second-order valence-electron chi connectivity index (χ2n) is 4.63. The minimum absolute atomic E-state index is 0.268. The number of hydrogen-bond donors (Lipinski definition) is 1. The molecule has 0 unspecified atom stereocenters. The van der Waals surface area contributed by atoms with Gasteiger partial charge in [0.25, 0.3) is 5.56 Å². The summed E-state index contributed by atoms with van der Waals surface area (Å²) in [5.74, 6) is 0.798. The number of rotatable bonds is 2. The summed E-state index contributed by atoms with van der Waals surface area (Å²) in [4.78, 5) is 11.3. The van der Waals surface area contributed by atoms with Crippen LogP contribution < -0.4 is 10.3 Å². The molecule has 0 aliphatic heterocycles. The quantitative estimate of drug-likeness (QED) is 0.906. The largest absolute Gasteiger partial charge is 0.496 e. The van der Waals surface area contributed by atoms with Crippen molar-refractivity contribution in [3.05, 3.63) is 44.7 Å². The summed E-state index contributed by atoms with van der Waals surface area (Å²) in [5, 5.41) is 15.6. The van der Waals surface area contributed by atoms with E-state index in [1.54, 1.807) is 7.11 Å². The molecule has 1 aromatic carbocycles. The molecule has 2 aromatic rings. The predicted octanol–water partition coefficient (Wildman–Crippen LogP) is 2.24. The Morgan fingerprint density at radius 3 is 2.55 bits per heavy atom. The van der Waals surface area contributed by atoms with Gasteiger partial charge in [-0.2, -0.15) is 10.4 Å². The van der Waals surface area contributed by atoms with E-state index in [9.17, 15) is 10.1 Å². The number of nitrogens with one attached hydrogen (secondary N) is 1. The van der Waals surface area contributed by atoms with Crippen LogP contribution in [0.25, 0.3) is 11.3 Å². The van der Waals surface area contributed by atoms with Crippen LogP contribution in [0.15, 0.2) is 16.9 Å². The highest BCUT2D eigenvalue weighted by atomic mass is 16.5. The lowest BCUT2D eigenvalue weighted by Crippen LogP contribution is -2.10. The number of hydrogen-bond acceptors (Lipinski definition) is 4. The second kappa shape index (κ2) is 5.17. The molecule has 0 aliphatic carbocycles. The standard InChI is InChI=1S/C15H15N3O2/c1-8-5-12(20-4)9(2)10(3)14(8)15-11(7-16)6-13(19)17-18-15/h5-6H,1-4H3,(H,17,19). The molecule has 102 valence electrons. The van der Waals surface area contributed by atoms with E-state index in [1.807, 2.05) is 32.9 Å². The Hall–Kier alpha value is -2.61. The first-order chi connectivity index (χ1) is 9.49. The van der Waals surface area contributed by atoms with Gasteiger partial charge in [-0.05, 0) is 43.5 Å². The summed E-state index contributed by atoms with van der Waals surface area (Å²) in [6.45, 7) is 5.83. The van der Waals surface area contributed by atoms with Crippen LogP contribution in [0.1, 0.15) is 22.3 Å². The number of nitrogens with zero attached hydrogens (tertiary/aromatic N) is 2. The van der Waals surface area contributed by atoms with E-state index >= 15 is 0 Å². The molecule has 0 bridgehead atoms. The van der Waals surface area contributed by atoms with Crippen LogP contribution in [0.3, 0.4) is 0 Å². The molecule has 0 radical (unpaired) electrons. The first-order valence-electron chi connectivity index (χ1n) is 6.14. The number of methoxy groups -OCH3 is 1. The molecule has 1 heterocycles. The van der Waals surface area contributed by atoms with E-state index in [2.05, 4.69) is 10.2 Å². The summed E-state index contributed by atoms with van der Waals surface area (Å²) in [6, 6.07) is 5.20. The number of H-pyrrole nitrogens is 1. The van der Waals surface area contributed by atoms with Gasteiger partial charge in [0, 0.05) is 11.6 Å². The van der Waals surface area contributed by atoms with Gasteiger partial charge in [0.2, 0.25) is 0 Å². The third-order valence-electron chi connectivity index (χ3n) is 3.43. The number of nitriles is 1. The Kier molecular flexibility index (Phi) is 3.57. The average molecular weight is 269 g/mol. The predicted molar refractivity (Wildman–Crippen MR) is 75.8 cm³/mol. The molecular formula is C15H15N3O2. The zero-order chi connectivity index (χ0) is 14.9. The molecule has 1 N–H and O–H groups in total. The maximum Gasteiger partial charge on any atom is 0.265 e. The van der Waals surface area contributed by atoms with Gasteiger partial charge in [-0.1, -0.05) is 0 Å². The number of benzene rings is 1. The maximum absolute atomic E-state index is 11.3. The van der Waals surface area contributed by atoms with Crippen LogP contribution in [-0.2, 0) is 0 Å². The van der Waals surface area contributed by atoms with Crippen LogP contribution in [0, 0.1) is 32.1 Å². The van der Waals surface area contributed by atoms with Gasteiger partial charge in [-0.3, -0.25) is 4.79 Å². The topological polar surface area (TPSA) is 78.8 Å². The highest BCUT2D eigenvalue weighted by Gasteiger charge is 2.17. The Labute approximate surface area is 116 Å². The highest BCUT2D eigenvalue weighted by molar-refractivity contribution is 5.74. The fourth-order valence-electron chi connectivity index (χ4n) is 2.30. The number of aromatic amines is 1. The lowest BCUT2D eigenvalue weighted by Gasteiger charge is -2.15. The summed E-state index contributed by atoms with van der Waals surface area (Å²) < 4.78 is 5.33. The lowest BCUT2D eigenvalue weighted by atomic mass is 9.93. The van der Waals surface area contributed by atoms with E-state index in [0.717, 1.165) is 28.0 Å². The zero-order valence-electron chi connectivity index (χ0n) is 11.9. The third kappa shape index (κ3) is 2.16. The lowest BCUT2D eigenvalue weighted by molar-refractivity contribution is 0.411. The molecule has 0 spiro atoms. The fraction of sp³-hybridized carbons (Fsp3) is 0.267. The molecule has 0 aliphatic rings. The average Bonchev–Trinajstić information content (AvgIpc) is 2.44. The normalized spacial score (nSPS) is 10.2. The smallest absolute Gasteiger partial charge is 0.265 e. The van der Waals surface area contributed by atoms with E-state index in [4.69, 9.17) is 4.74 Å². The Morgan fingerprint density at radius 1 is 1.25 bits per heavy atom. The van der Waals surface area contributed by atoms with Gasteiger partial charge in [0.15, 0.2) is 0 Å². The molecule has 5 nitrogen and oxygen atoms in total. The SMILES string of the molecule is COc1cc(C)c(-c2n[nH]c(=O)cc2C#N)c(C)c1C. The molecule has 1 aromatic heterocycles. The van der Waals surface area contributed by atoms with Gasteiger partial charge in [0.05, 0.1) is 12.7 Å². The van der Waals surface area contributed by atoms with Crippen molar-refractivity contribution in [2.75, 3.05) is 7.11 Å². The van der Waals surface area contributed by atoms with Gasteiger partial charge in [0.1, 0.15) is 17.5 Å².